The third-order valence-electron chi connectivity index (χ3n) is 1.24. The lowest BCUT2D eigenvalue weighted by Crippen LogP contribution is -2.41. The summed E-state index contributed by atoms with van der Waals surface area (Å²) in [6, 6.07) is -0.766. The van der Waals surface area contributed by atoms with Gasteiger partial charge in [-0.05, 0) is 13.8 Å². The molecule has 0 aliphatic heterocycles. The van der Waals surface area contributed by atoms with Crippen molar-refractivity contribution in [3.05, 3.63) is 0 Å². The molecule has 0 aromatic rings. The molecule has 0 aliphatic rings. The first-order chi connectivity index (χ1) is 5.37. The largest absolute Gasteiger partial charge is 0.320 e. The predicted molar refractivity (Wildman–Crippen MR) is 49.4 cm³/mol. The van der Waals surface area contributed by atoms with Crippen LogP contribution >= 0.6 is 11.9 Å². The summed E-state index contributed by atoms with van der Waals surface area (Å²) in [6.45, 7) is 2.80. The van der Waals surface area contributed by atoms with Crippen molar-refractivity contribution < 1.29 is 9.18 Å². The number of alkyl halides is 1. The molecule has 1 atom stereocenters. The van der Waals surface area contributed by atoms with E-state index in [1.165, 1.54) is 13.8 Å². The van der Waals surface area contributed by atoms with Gasteiger partial charge >= 0.3 is 0 Å². The average molecular weight is 194 g/mol. The molecule has 5 heteroatoms. The molecule has 0 heterocycles. The summed E-state index contributed by atoms with van der Waals surface area (Å²) in [6.07, 6.45) is 1.75. The van der Waals surface area contributed by atoms with Crippen LogP contribution in [0.2, 0.25) is 0 Å². The molecule has 3 nitrogen and oxygen atoms in total. The van der Waals surface area contributed by atoms with Crippen molar-refractivity contribution in [1.29, 1.82) is 0 Å². The first kappa shape index (κ1) is 11.7. The minimum Gasteiger partial charge on any atom is -0.320 e. The van der Waals surface area contributed by atoms with Crippen LogP contribution in [0.1, 0.15) is 20.3 Å². The molecule has 0 bridgehead atoms. The van der Waals surface area contributed by atoms with Gasteiger partial charge in [-0.1, -0.05) is 11.9 Å². The molecule has 1 unspecified atom stereocenters. The summed E-state index contributed by atoms with van der Waals surface area (Å²) >= 11 is 1.16. The lowest BCUT2D eigenvalue weighted by Gasteiger charge is -2.18. The van der Waals surface area contributed by atoms with Gasteiger partial charge in [-0.3, -0.25) is 9.52 Å². The first-order valence-electron chi connectivity index (χ1n) is 3.64. The number of carbonyl (C=O) groups is 1. The fourth-order valence-corrected chi connectivity index (χ4v) is 1.14. The minimum absolute atomic E-state index is 0.0411. The molecular formula is C7H15FN2OS. The summed E-state index contributed by atoms with van der Waals surface area (Å²) in [7, 11) is 0. The lowest BCUT2D eigenvalue weighted by atomic mass is 10.0. The highest BCUT2D eigenvalue weighted by Gasteiger charge is 2.24. The molecule has 0 radical (unpaired) electrons. The number of rotatable bonds is 4. The van der Waals surface area contributed by atoms with Gasteiger partial charge in [0.15, 0.2) is 0 Å². The number of nitrogens with one attached hydrogen (secondary N) is 1. The quantitative estimate of drug-likeness (QED) is 0.652. The second-order valence-electron chi connectivity index (χ2n) is 3.20. The van der Waals surface area contributed by atoms with Crippen LogP contribution in [0.3, 0.4) is 0 Å². The van der Waals surface area contributed by atoms with E-state index in [1.54, 1.807) is 6.26 Å². The Morgan fingerprint density at radius 3 is 2.58 bits per heavy atom. The highest BCUT2D eigenvalue weighted by atomic mass is 32.2. The number of hydrogen-bond donors (Lipinski definition) is 2. The smallest absolute Gasteiger partial charge is 0.246 e. The van der Waals surface area contributed by atoms with Crippen LogP contribution in [0.4, 0.5) is 4.39 Å². The fraction of sp³-hybridized carbons (Fsp3) is 0.857. The van der Waals surface area contributed by atoms with E-state index in [2.05, 4.69) is 4.72 Å². The topological polar surface area (TPSA) is 55.1 Å². The van der Waals surface area contributed by atoms with Crippen molar-refractivity contribution >= 4 is 17.9 Å². The zero-order chi connectivity index (χ0) is 9.78. The number of nitrogens with two attached hydrogens (primary N) is 1. The highest BCUT2D eigenvalue weighted by Crippen LogP contribution is 2.15. The van der Waals surface area contributed by atoms with Crippen LogP contribution < -0.4 is 10.5 Å². The van der Waals surface area contributed by atoms with E-state index in [0.29, 0.717) is 0 Å². The SMILES string of the molecule is CSNC(=O)C(N)CC(C)(C)F. The van der Waals surface area contributed by atoms with Gasteiger partial charge in [0.2, 0.25) is 5.91 Å². The van der Waals surface area contributed by atoms with Crippen LogP contribution in [0.25, 0.3) is 0 Å². The molecule has 3 N–H and O–H groups in total. The maximum Gasteiger partial charge on any atom is 0.246 e. The third-order valence-corrected chi connectivity index (χ3v) is 1.65. The Kier molecular flexibility index (Phi) is 4.55. The van der Waals surface area contributed by atoms with Gasteiger partial charge in [0.1, 0.15) is 5.67 Å². The van der Waals surface area contributed by atoms with Crippen LogP contribution in [0, 0.1) is 0 Å². The summed E-state index contributed by atoms with van der Waals surface area (Å²) in [4.78, 5) is 11.0. The van der Waals surface area contributed by atoms with Gasteiger partial charge in [0, 0.05) is 12.7 Å². The molecule has 0 aromatic heterocycles. The zero-order valence-electron chi connectivity index (χ0n) is 7.56. The van der Waals surface area contributed by atoms with Crippen molar-refractivity contribution in [3.63, 3.8) is 0 Å². The Hall–Kier alpha value is -0.290. The van der Waals surface area contributed by atoms with E-state index in [4.69, 9.17) is 5.73 Å². The van der Waals surface area contributed by atoms with Gasteiger partial charge in [-0.2, -0.15) is 0 Å². The zero-order valence-corrected chi connectivity index (χ0v) is 8.37. The van der Waals surface area contributed by atoms with Gasteiger partial charge in [-0.25, -0.2) is 4.39 Å². The molecule has 0 aromatic carbocycles. The van der Waals surface area contributed by atoms with Gasteiger partial charge in [0.25, 0.3) is 0 Å². The van der Waals surface area contributed by atoms with Crippen molar-refractivity contribution in [2.45, 2.75) is 32.0 Å². The summed E-state index contributed by atoms with van der Waals surface area (Å²) in [5, 5.41) is 0. The molecule has 12 heavy (non-hydrogen) atoms. The number of amides is 1. The second kappa shape index (κ2) is 4.67. The van der Waals surface area contributed by atoms with Gasteiger partial charge in [-0.15, -0.1) is 0 Å². The normalized spacial score (nSPS) is 14.1. The Morgan fingerprint density at radius 1 is 1.75 bits per heavy atom. The van der Waals surface area contributed by atoms with Crippen LogP contribution in [0.15, 0.2) is 0 Å². The first-order valence-corrected chi connectivity index (χ1v) is 4.86. The predicted octanol–water partition coefficient (Wildman–Crippen LogP) is 0.846. The minimum atomic E-state index is -1.39. The average Bonchev–Trinajstić information content (AvgIpc) is 1.84. The van der Waals surface area contributed by atoms with Crippen molar-refractivity contribution in [2.24, 2.45) is 5.73 Å². The molecule has 0 spiro atoms. The monoisotopic (exact) mass is 194 g/mol. The molecule has 0 rings (SSSR count). The summed E-state index contributed by atoms with van der Waals surface area (Å²) in [5.74, 6) is -0.326. The standard InChI is InChI=1S/C7H15FN2OS/c1-7(2,8)4-5(9)6(11)10-12-3/h5H,4,9H2,1-3H3,(H,10,11). The van der Waals surface area contributed by atoms with E-state index in [0.717, 1.165) is 11.9 Å². The maximum absolute atomic E-state index is 13.0. The van der Waals surface area contributed by atoms with E-state index < -0.39 is 11.7 Å². The van der Waals surface area contributed by atoms with Crippen molar-refractivity contribution in [2.75, 3.05) is 6.26 Å². The van der Waals surface area contributed by atoms with Gasteiger partial charge in [0.05, 0.1) is 6.04 Å². The van der Waals surface area contributed by atoms with Crippen molar-refractivity contribution in [3.8, 4) is 0 Å². The Labute approximate surface area is 76.4 Å². The molecule has 1 amide bonds. The maximum atomic E-state index is 13.0. The molecule has 0 saturated carbocycles. The number of halogens is 1. The van der Waals surface area contributed by atoms with Crippen molar-refractivity contribution in [1.82, 2.24) is 4.72 Å². The molecule has 72 valence electrons. The number of carbonyl (C=O) groups excluding carboxylic acids is 1. The van der Waals surface area contributed by atoms with E-state index in [9.17, 15) is 9.18 Å². The molecule has 0 fully saturated rings. The van der Waals surface area contributed by atoms with Crippen LogP contribution in [-0.2, 0) is 4.79 Å². The van der Waals surface area contributed by atoms with Gasteiger partial charge < -0.3 is 5.73 Å². The Bertz CT molecular complexity index is 158. The lowest BCUT2D eigenvalue weighted by molar-refractivity contribution is -0.121. The molecular weight excluding hydrogens is 179 g/mol. The fourth-order valence-electron chi connectivity index (χ4n) is 0.792. The highest BCUT2D eigenvalue weighted by molar-refractivity contribution is 7.97. The Morgan fingerprint density at radius 2 is 2.25 bits per heavy atom. The molecule has 0 aliphatic carbocycles. The second-order valence-corrected chi connectivity index (χ2v) is 3.81. The van der Waals surface area contributed by atoms with E-state index in [1.807, 2.05) is 0 Å². The number of hydrogen-bond acceptors (Lipinski definition) is 3. The summed E-state index contributed by atoms with van der Waals surface area (Å²) < 4.78 is 15.4. The summed E-state index contributed by atoms with van der Waals surface area (Å²) in [5.41, 5.74) is 4.03. The Balaban J connectivity index is 3.87. The molecule has 0 saturated heterocycles. The third kappa shape index (κ3) is 5.37. The van der Waals surface area contributed by atoms with Crippen LogP contribution in [0.5, 0.6) is 0 Å². The van der Waals surface area contributed by atoms with E-state index >= 15 is 0 Å². The van der Waals surface area contributed by atoms with E-state index in [-0.39, 0.29) is 12.3 Å². The van der Waals surface area contributed by atoms with Crippen LogP contribution in [-0.4, -0.2) is 23.9 Å².